The lowest BCUT2D eigenvalue weighted by atomic mass is 10.2. The van der Waals surface area contributed by atoms with Crippen LogP contribution in [-0.4, -0.2) is 11.1 Å². The van der Waals surface area contributed by atoms with Crippen molar-refractivity contribution in [2.75, 3.05) is 5.32 Å². The summed E-state index contributed by atoms with van der Waals surface area (Å²) in [6.07, 6.45) is 2.98. The number of nitrogens with one attached hydrogen (secondary N) is 1. The smallest absolute Gasteiger partial charge is 0.248 e. The molecule has 98 valence electrons. The highest BCUT2D eigenvalue weighted by molar-refractivity contribution is 6.02. The molecule has 1 amide bonds. The molecule has 2 rings (SSSR count). The van der Waals surface area contributed by atoms with Crippen molar-refractivity contribution in [2.24, 2.45) is 0 Å². The average molecular weight is 260 g/mol. The van der Waals surface area contributed by atoms with Crippen molar-refractivity contribution in [2.45, 2.75) is 13.8 Å². The highest BCUT2D eigenvalue weighted by Gasteiger charge is 2.10. The molecule has 0 saturated heterocycles. The molecule has 2 aromatic rings. The van der Waals surface area contributed by atoms with Gasteiger partial charge in [-0.2, -0.15) is 0 Å². The van der Waals surface area contributed by atoms with Gasteiger partial charge in [0.1, 0.15) is 17.2 Å². The number of carbonyl (C=O) groups is 1. The fraction of sp³-hybridized carbons (Fsp3) is 0.143. The van der Waals surface area contributed by atoms with E-state index in [9.17, 15) is 9.18 Å². The van der Waals surface area contributed by atoms with Gasteiger partial charge in [0.15, 0.2) is 5.76 Å². The molecule has 19 heavy (non-hydrogen) atoms. The molecule has 0 bridgehead atoms. The fourth-order valence-corrected chi connectivity index (χ4v) is 1.57. The Morgan fingerprint density at radius 3 is 2.58 bits per heavy atom. The van der Waals surface area contributed by atoms with Gasteiger partial charge in [-0.3, -0.25) is 4.79 Å². The maximum Gasteiger partial charge on any atom is 0.248 e. The van der Waals surface area contributed by atoms with E-state index in [1.165, 1.54) is 18.2 Å². The minimum Gasteiger partial charge on any atom is -0.359 e. The number of aryl methyl sites for hydroxylation is 2. The second kappa shape index (κ2) is 5.48. The lowest BCUT2D eigenvalue weighted by molar-refractivity contribution is -0.111. The topological polar surface area (TPSA) is 55.1 Å². The van der Waals surface area contributed by atoms with Crippen LogP contribution in [0.4, 0.5) is 10.1 Å². The van der Waals surface area contributed by atoms with Crippen LogP contribution in [0.3, 0.4) is 0 Å². The Labute approximate surface area is 109 Å². The third-order valence-electron chi connectivity index (χ3n) is 2.58. The minimum absolute atomic E-state index is 0.293. The molecule has 1 N–H and O–H groups in total. The predicted octanol–water partition coefficient (Wildman–Crippen LogP) is 3.08. The third kappa shape index (κ3) is 3.28. The summed E-state index contributed by atoms with van der Waals surface area (Å²) >= 11 is 0. The molecule has 0 radical (unpaired) electrons. The van der Waals surface area contributed by atoms with Crippen LogP contribution in [0.1, 0.15) is 17.0 Å². The molecule has 0 unspecified atom stereocenters. The van der Waals surface area contributed by atoms with Crippen molar-refractivity contribution in [3.8, 4) is 0 Å². The summed E-state index contributed by atoms with van der Waals surface area (Å²) in [7, 11) is 0. The van der Waals surface area contributed by atoms with Crippen LogP contribution in [0, 0.1) is 19.7 Å². The molecular formula is C14H13FN2O2. The first-order chi connectivity index (χ1) is 9.06. The Bertz CT molecular complexity index is 595. The number of nitrogens with zero attached hydrogens (tertiary/aromatic N) is 1. The van der Waals surface area contributed by atoms with Crippen LogP contribution < -0.4 is 5.32 Å². The van der Waals surface area contributed by atoms with Crippen LogP contribution >= 0.6 is 0 Å². The highest BCUT2D eigenvalue weighted by atomic mass is 19.1. The molecule has 5 heteroatoms. The molecule has 0 atom stereocenters. The van der Waals surface area contributed by atoms with E-state index in [1.54, 1.807) is 32.1 Å². The zero-order chi connectivity index (χ0) is 13.8. The standard InChI is InChI=1S/C14H13FN2O2/c1-9-14(10(2)19-17-9)16-13(18)8-5-11-3-6-12(15)7-4-11/h3-8H,1-2H3,(H,16,18). The quantitative estimate of drug-likeness (QED) is 0.863. The summed E-state index contributed by atoms with van der Waals surface area (Å²) in [4.78, 5) is 11.7. The first kappa shape index (κ1) is 13.0. The molecule has 4 nitrogen and oxygen atoms in total. The Morgan fingerprint density at radius 1 is 1.32 bits per heavy atom. The molecule has 1 aromatic heterocycles. The minimum atomic E-state index is -0.308. The number of anilines is 1. The van der Waals surface area contributed by atoms with Gasteiger partial charge in [0, 0.05) is 6.08 Å². The zero-order valence-electron chi connectivity index (χ0n) is 10.6. The van der Waals surface area contributed by atoms with E-state index in [0.717, 1.165) is 5.56 Å². The summed E-state index contributed by atoms with van der Waals surface area (Å²) in [5, 5.41) is 6.43. The molecule has 0 aliphatic heterocycles. The number of rotatable bonds is 3. The predicted molar refractivity (Wildman–Crippen MR) is 70.0 cm³/mol. The van der Waals surface area contributed by atoms with Crippen LogP contribution in [0.2, 0.25) is 0 Å². The van der Waals surface area contributed by atoms with E-state index in [-0.39, 0.29) is 11.7 Å². The molecule has 0 saturated carbocycles. The van der Waals surface area contributed by atoms with Gasteiger partial charge in [0.05, 0.1) is 0 Å². The second-order valence-corrected chi connectivity index (χ2v) is 4.07. The summed E-state index contributed by atoms with van der Waals surface area (Å²) in [5.41, 5.74) is 1.95. The van der Waals surface area contributed by atoms with Crippen molar-refractivity contribution >= 4 is 17.7 Å². The van der Waals surface area contributed by atoms with E-state index in [0.29, 0.717) is 17.1 Å². The summed E-state index contributed by atoms with van der Waals surface area (Å²) in [6.45, 7) is 3.47. The van der Waals surface area contributed by atoms with Gasteiger partial charge in [-0.05, 0) is 37.6 Å². The van der Waals surface area contributed by atoms with Gasteiger partial charge in [-0.25, -0.2) is 4.39 Å². The van der Waals surface area contributed by atoms with Crippen LogP contribution in [0.15, 0.2) is 34.9 Å². The Balaban J connectivity index is 2.04. The number of carbonyl (C=O) groups excluding carboxylic acids is 1. The van der Waals surface area contributed by atoms with E-state index >= 15 is 0 Å². The van der Waals surface area contributed by atoms with Gasteiger partial charge in [-0.15, -0.1) is 0 Å². The van der Waals surface area contributed by atoms with Crippen LogP contribution in [0.5, 0.6) is 0 Å². The monoisotopic (exact) mass is 260 g/mol. The first-order valence-electron chi connectivity index (χ1n) is 5.74. The molecule has 0 aliphatic carbocycles. The normalized spacial score (nSPS) is 10.9. The van der Waals surface area contributed by atoms with Gasteiger partial charge in [0.2, 0.25) is 5.91 Å². The zero-order valence-corrected chi connectivity index (χ0v) is 10.6. The van der Waals surface area contributed by atoms with Gasteiger partial charge < -0.3 is 9.84 Å². The largest absolute Gasteiger partial charge is 0.359 e. The summed E-state index contributed by atoms with van der Waals surface area (Å²) in [6, 6.07) is 5.86. The van der Waals surface area contributed by atoms with Gasteiger partial charge in [0.25, 0.3) is 0 Å². The van der Waals surface area contributed by atoms with E-state index in [1.807, 2.05) is 0 Å². The maximum atomic E-state index is 12.7. The number of aromatic nitrogens is 1. The molecule has 0 fully saturated rings. The lowest BCUT2D eigenvalue weighted by Gasteiger charge is -1.99. The highest BCUT2D eigenvalue weighted by Crippen LogP contribution is 2.18. The Kier molecular flexibility index (Phi) is 3.75. The Hall–Kier alpha value is -2.43. The molecule has 1 aromatic carbocycles. The molecule has 0 aliphatic rings. The van der Waals surface area contributed by atoms with E-state index < -0.39 is 0 Å². The van der Waals surface area contributed by atoms with Crippen LogP contribution in [-0.2, 0) is 4.79 Å². The van der Waals surface area contributed by atoms with Crippen molar-refractivity contribution in [1.82, 2.24) is 5.16 Å². The molecule has 1 heterocycles. The van der Waals surface area contributed by atoms with Crippen molar-refractivity contribution in [3.05, 3.63) is 53.2 Å². The Morgan fingerprint density at radius 2 is 2.00 bits per heavy atom. The van der Waals surface area contributed by atoms with Crippen molar-refractivity contribution in [1.29, 1.82) is 0 Å². The van der Waals surface area contributed by atoms with Crippen molar-refractivity contribution < 1.29 is 13.7 Å². The second-order valence-electron chi connectivity index (χ2n) is 4.07. The summed E-state index contributed by atoms with van der Waals surface area (Å²) in [5.74, 6) is -0.0444. The number of hydrogen-bond acceptors (Lipinski definition) is 3. The lowest BCUT2D eigenvalue weighted by Crippen LogP contribution is -2.08. The van der Waals surface area contributed by atoms with E-state index in [2.05, 4.69) is 10.5 Å². The van der Waals surface area contributed by atoms with Crippen molar-refractivity contribution in [3.63, 3.8) is 0 Å². The maximum absolute atomic E-state index is 12.7. The summed E-state index contributed by atoms with van der Waals surface area (Å²) < 4.78 is 17.6. The SMILES string of the molecule is Cc1noc(C)c1NC(=O)C=Cc1ccc(F)cc1. The third-order valence-corrected chi connectivity index (χ3v) is 2.58. The first-order valence-corrected chi connectivity index (χ1v) is 5.74. The average Bonchev–Trinajstić information content (AvgIpc) is 2.70. The van der Waals surface area contributed by atoms with Gasteiger partial charge in [-0.1, -0.05) is 17.3 Å². The number of hydrogen-bond donors (Lipinski definition) is 1. The van der Waals surface area contributed by atoms with Gasteiger partial charge >= 0.3 is 0 Å². The van der Waals surface area contributed by atoms with E-state index in [4.69, 9.17) is 4.52 Å². The fourth-order valence-electron chi connectivity index (χ4n) is 1.57. The molecular weight excluding hydrogens is 247 g/mol. The van der Waals surface area contributed by atoms with Crippen LogP contribution in [0.25, 0.3) is 6.08 Å². The molecule has 0 spiro atoms. The number of amides is 1. The number of halogens is 1. The number of benzene rings is 1.